The molecule has 0 bridgehead atoms. The van der Waals surface area contributed by atoms with E-state index in [1.165, 1.54) is 14.2 Å². The molecule has 2 N–H and O–H groups in total. The molecular formula is C21H21ClN2O4. The number of hydrogen-bond acceptors (Lipinski definition) is 4. The topological polar surface area (TPSA) is 84.2 Å². The molecule has 6 nitrogen and oxygen atoms in total. The quantitative estimate of drug-likeness (QED) is 0.453. The van der Waals surface area contributed by atoms with E-state index in [1.807, 2.05) is 18.3 Å². The molecule has 0 spiro atoms. The van der Waals surface area contributed by atoms with Gasteiger partial charge in [-0.25, -0.2) is 9.59 Å². The van der Waals surface area contributed by atoms with Crippen LogP contribution in [0.1, 0.15) is 28.1 Å². The maximum atomic E-state index is 11.2. The minimum atomic E-state index is -0.357. The normalized spacial score (nSPS) is 9.96. The van der Waals surface area contributed by atoms with Crippen molar-refractivity contribution in [3.05, 3.63) is 71.0 Å². The highest BCUT2D eigenvalue weighted by atomic mass is 35.5. The summed E-state index contributed by atoms with van der Waals surface area (Å²) in [6.07, 6.45) is 3.53. The van der Waals surface area contributed by atoms with Gasteiger partial charge in [0.05, 0.1) is 30.4 Å². The van der Waals surface area contributed by atoms with Gasteiger partial charge < -0.3 is 19.4 Å². The molecule has 2 aromatic carbocycles. The van der Waals surface area contributed by atoms with Gasteiger partial charge in [-0.05, 0) is 42.5 Å². The van der Waals surface area contributed by atoms with Crippen molar-refractivity contribution in [2.24, 2.45) is 0 Å². The highest BCUT2D eigenvalue weighted by molar-refractivity contribution is 6.35. The van der Waals surface area contributed by atoms with Crippen LogP contribution in [0.15, 0.2) is 54.9 Å². The fourth-order valence-corrected chi connectivity index (χ4v) is 2.84. The molecule has 0 unspecified atom stereocenters. The monoisotopic (exact) mass is 400 g/mol. The van der Waals surface area contributed by atoms with Crippen molar-refractivity contribution in [1.29, 1.82) is 0 Å². The van der Waals surface area contributed by atoms with Gasteiger partial charge in [-0.3, -0.25) is 0 Å². The number of fused-ring (bicyclic) bond motifs is 2. The predicted octanol–water partition coefficient (Wildman–Crippen LogP) is 5.20. The van der Waals surface area contributed by atoms with Crippen molar-refractivity contribution in [1.82, 2.24) is 9.97 Å². The zero-order chi connectivity index (χ0) is 19.4. The number of benzene rings is 2. The number of carbonyl (C=O) groups excluding carboxylic acids is 2. The summed E-state index contributed by atoms with van der Waals surface area (Å²) in [5, 5.41) is 2.45. The number of H-pyrrole nitrogens is 2. The number of halogens is 1. The van der Waals surface area contributed by atoms with Crippen LogP contribution in [0.3, 0.4) is 0 Å². The van der Waals surface area contributed by atoms with Crippen LogP contribution in [0.25, 0.3) is 21.8 Å². The Balaban J connectivity index is 0.000000194. The Morgan fingerprint density at radius 3 is 2.11 bits per heavy atom. The maximum Gasteiger partial charge on any atom is 0.337 e. The third kappa shape index (κ3) is 4.35. The lowest BCUT2D eigenvalue weighted by molar-refractivity contribution is 0.0592. The van der Waals surface area contributed by atoms with Crippen LogP contribution in [0.4, 0.5) is 0 Å². The Morgan fingerprint density at radius 1 is 0.857 bits per heavy atom. The van der Waals surface area contributed by atoms with E-state index < -0.39 is 0 Å². The first-order valence-electron chi connectivity index (χ1n) is 8.04. The summed E-state index contributed by atoms with van der Waals surface area (Å²) < 4.78 is 9.22. The van der Waals surface area contributed by atoms with Crippen molar-refractivity contribution in [2.45, 2.75) is 7.43 Å². The zero-order valence-corrected chi connectivity index (χ0v) is 15.5. The van der Waals surface area contributed by atoms with Gasteiger partial charge in [0.25, 0.3) is 0 Å². The summed E-state index contributed by atoms with van der Waals surface area (Å²) in [5.41, 5.74) is 3.01. The zero-order valence-electron chi connectivity index (χ0n) is 14.7. The first-order valence-corrected chi connectivity index (χ1v) is 8.41. The van der Waals surface area contributed by atoms with E-state index in [9.17, 15) is 9.59 Å². The second-order valence-electron chi connectivity index (χ2n) is 5.66. The summed E-state index contributed by atoms with van der Waals surface area (Å²) in [7, 11) is 2.73. The molecule has 0 aliphatic rings. The van der Waals surface area contributed by atoms with E-state index >= 15 is 0 Å². The Labute approximate surface area is 167 Å². The molecule has 2 aromatic heterocycles. The standard InChI is InChI=1S/C10H8ClNO2.C10H9NO2.CH4/c1-14-10(13)6-2-3-9-7(4-6)8(11)5-12-9;1-13-10(12)8-2-3-9-7(6-8)4-5-11-9;/h2-5,12H,1H3;2-6,11H,1H3;1H4. The molecule has 0 aliphatic carbocycles. The van der Waals surface area contributed by atoms with E-state index in [2.05, 4.69) is 19.4 Å². The van der Waals surface area contributed by atoms with Crippen LogP contribution in [-0.4, -0.2) is 36.1 Å². The van der Waals surface area contributed by atoms with Crippen LogP contribution in [0, 0.1) is 0 Å². The Hall–Kier alpha value is -3.25. The van der Waals surface area contributed by atoms with Crippen molar-refractivity contribution in [3.8, 4) is 0 Å². The van der Waals surface area contributed by atoms with Crippen LogP contribution >= 0.6 is 11.6 Å². The summed E-state index contributed by atoms with van der Waals surface area (Å²) in [6.45, 7) is 0. The second-order valence-corrected chi connectivity index (χ2v) is 6.07. The molecule has 0 saturated heterocycles. The predicted molar refractivity (Wildman–Crippen MR) is 111 cm³/mol. The first-order chi connectivity index (χ1) is 13.0. The summed E-state index contributed by atoms with van der Waals surface area (Å²) in [6, 6.07) is 12.5. The molecule has 4 rings (SSSR count). The van der Waals surface area contributed by atoms with E-state index in [1.54, 1.807) is 36.5 Å². The Kier molecular flexibility index (Phi) is 6.84. The van der Waals surface area contributed by atoms with Crippen LogP contribution in [0.5, 0.6) is 0 Å². The van der Waals surface area contributed by atoms with E-state index in [4.69, 9.17) is 11.6 Å². The molecule has 0 atom stereocenters. The van der Waals surface area contributed by atoms with Crippen LogP contribution in [0.2, 0.25) is 5.02 Å². The molecule has 0 amide bonds. The van der Waals surface area contributed by atoms with Gasteiger partial charge in [0, 0.05) is 34.2 Å². The van der Waals surface area contributed by atoms with Crippen LogP contribution < -0.4 is 0 Å². The van der Waals surface area contributed by atoms with Gasteiger partial charge in [-0.1, -0.05) is 19.0 Å². The molecule has 0 radical (unpaired) electrons. The van der Waals surface area contributed by atoms with Gasteiger partial charge in [-0.15, -0.1) is 0 Å². The molecule has 2 heterocycles. The highest BCUT2D eigenvalue weighted by Crippen LogP contribution is 2.24. The van der Waals surface area contributed by atoms with Gasteiger partial charge in [0.1, 0.15) is 0 Å². The molecule has 0 saturated carbocycles. The molecule has 7 heteroatoms. The smallest absolute Gasteiger partial charge is 0.337 e. The second kappa shape index (κ2) is 9.10. The summed E-state index contributed by atoms with van der Waals surface area (Å²) >= 11 is 5.91. The van der Waals surface area contributed by atoms with E-state index in [0.717, 1.165) is 21.8 Å². The molecule has 0 aliphatic heterocycles. The molecule has 146 valence electrons. The number of carbonyl (C=O) groups is 2. The SMILES string of the molecule is C.COC(=O)c1ccc2[nH]cc(Cl)c2c1.COC(=O)c1ccc2[nH]ccc2c1. The number of aromatic nitrogens is 2. The average molecular weight is 401 g/mol. The van der Waals surface area contributed by atoms with Crippen molar-refractivity contribution >= 4 is 45.3 Å². The Bertz CT molecular complexity index is 1110. The van der Waals surface area contributed by atoms with Gasteiger partial charge in [0.2, 0.25) is 0 Å². The minimum Gasteiger partial charge on any atom is -0.465 e. The number of hydrogen-bond donors (Lipinski definition) is 2. The molecule has 28 heavy (non-hydrogen) atoms. The van der Waals surface area contributed by atoms with E-state index in [-0.39, 0.29) is 19.4 Å². The van der Waals surface area contributed by atoms with Gasteiger partial charge >= 0.3 is 11.9 Å². The van der Waals surface area contributed by atoms with Crippen molar-refractivity contribution < 1.29 is 19.1 Å². The lowest BCUT2D eigenvalue weighted by atomic mass is 10.1. The summed E-state index contributed by atoms with van der Waals surface area (Å²) in [5.74, 6) is -0.660. The van der Waals surface area contributed by atoms with E-state index in [0.29, 0.717) is 16.1 Å². The van der Waals surface area contributed by atoms with Crippen LogP contribution in [-0.2, 0) is 9.47 Å². The fourth-order valence-electron chi connectivity index (χ4n) is 2.63. The number of rotatable bonds is 2. The van der Waals surface area contributed by atoms with Gasteiger partial charge in [0.15, 0.2) is 0 Å². The molecule has 0 fully saturated rings. The number of ether oxygens (including phenoxy) is 2. The first kappa shape index (κ1) is 21.1. The highest BCUT2D eigenvalue weighted by Gasteiger charge is 2.08. The van der Waals surface area contributed by atoms with Gasteiger partial charge in [-0.2, -0.15) is 0 Å². The number of nitrogens with one attached hydrogen (secondary N) is 2. The number of esters is 2. The fraction of sp³-hybridized carbons (Fsp3) is 0.143. The lowest BCUT2D eigenvalue weighted by Crippen LogP contribution is -2.00. The van der Waals surface area contributed by atoms with Crippen molar-refractivity contribution in [3.63, 3.8) is 0 Å². The third-order valence-electron chi connectivity index (χ3n) is 4.03. The largest absolute Gasteiger partial charge is 0.465 e. The number of methoxy groups -OCH3 is 2. The average Bonchev–Trinajstić information content (AvgIpc) is 3.33. The minimum absolute atomic E-state index is 0. The van der Waals surface area contributed by atoms with Crippen molar-refractivity contribution in [2.75, 3.05) is 14.2 Å². The lowest BCUT2D eigenvalue weighted by Gasteiger charge is -1.98. The number of aromatic amines is 2. The molecular weight excluding hydrogens is 380 g/mol. The molecule has 4 aromatic rings. The third-order valence-corrected chi connectivity index (χ3v) is 4.34. The maximum absolute atomic E-state index is 11.2. The Morgan fingerprint density at radius 2 is 1.46 bits per heavy atom. The summed E-state index contributed by atoms with van der Waals surface area (Å²) in [4.78, 5) is 28.4.